The van der Waals surface area contributed by atoms with Crippen molar-refractivity contribution in [2.45, 2.75) is 51.7 Å². The number of oxazole rings is 1. The van der Waals surface area contributed by atoms with E-state index in [4.69, 9.17) is 9.15 Å². The Morgan fingerprint density at radius 2 is 1.87 bits per heavy atom. The molecule has 0 radical (unpaired) electrons. The van der Waals surface area contributed by atoms with Gasteiger partial charge in [0.1, 0.15) is 12.0 Å². The van der Waals surface area contributed by atoms with Gasteiger partial charge in [0.2, 0.25) is 11.8 Å². The molecule has 2 amide bonds. The van der Waals surface area contributed by atoms with Gasteiger partial charge in [-0.1, -0.05) is 35.9 Å². The van der Waals surface area contributed by atoms with Gasteiger partial charge < -0.3 is 24.3 Å². The van der Waals surface area contributed by atoms with Gasteiger partial charge in [-0.15, -0.1) is 0 Å². The Morgan fingerprint density at radius 3 is 2.64 bits per heavy atom. The maximum Gasteiger partial charge on any atom is 0.273 e. The van der Waals surface area contributed by atoms with Crippen LogP contribution in [0.25, 0.3) is 0 Å². The second kappa shape index (κ2) is 11.2. The van der Waals surface area contributed by atoms with Gasteiger partial charge in [0.25, 0.3) is 5.91 Å². The van der Waals surface area contributed by atoms with E-state index in [-0.39, 0.29) is 36.1 Å². The summed E-state index contributed by atoms with van der Waals surface area (Å²) < 4.78 is 11.6. The third kappa shape index (κ3) is 5.86. The number of carbonyl (C=O) groups excluding carboxylic acids is 2. The third-order valence-electron chi connectivity index (χ3n) is 8.01. The lowest BCUT2D eigenvalue weighted by Crippen LogP contribution is -2.41. The topological polar surface area (TPSA) is 87.9 Å². The minimum Gasteiger partial charge on any atom is -0.484 e. The molecule has 1 saturated carbocycles. The van der Waals surface area contributed by atoms with E-state index in [0.29, 0.717) is 18.2 Å². The summed E-state index contributed by atoms with van der Waals surface area (Å²) in [6.07, 6.45) is 6.64. The normalized spacial score (nSPS) is 19.1. The summed E-state index contributed by atoms with van der Waals surface area (Å²) in [5, 5.41) is 2.92. The van der Waals surface area contributed by atoms with Gasteiger partial charge in [0.15, 0.2) is 12.3 Å². The van der Waals surface area contributed by atoms with Crippen molar-refractivity contribution in [1.29, 1.82) is 0 Å². The average Bonchev–Trinajstić information content (AvgIpc) is 3.46. The van der Waals surface area contributed by atoms with Gasteiger partial charge in [0.05, 0.1) is 6.04 Å². The molecule has 0 unspecified atom stereocenters. The Labute approximate surface area is 229 Å². The molecule has 6 rings (SSSR count). The van der Waals surface area contributed by atoms with E-state index in [9.17, 15) is 9.59 Å². The predicted molar refractivity (Wildman–Crippen MR) is 146 cm³/mol. The Kier molecular flexibility index (Phi) is 7.37. The molecule has 0 bridgehead atoms. The minimum absolute atomic E-state index is 0.111. The molecule has 2 aliphatic heterocycles. The van der Waals surface area contributed by atoms with Crippen LogP contribution in [0, 0.1) is 12.8 Å². The summed E-state index contributed by atoms with van der Waals surface area (Å²) in [7, 11) is 0. The zero-order chi connectivity index (χ0) is 26.8. The molecule has 3 heterocycles. The number of hydrogen-bond donors (Lipinski definition) is 1. The second-order valence-electron chi connectivity index (χ2n) is 10.9. The highest BCUT2D eigenvalue weighted by molar-refractivity contribution is 5.91. The molecule has 3 aromatic rings. The average molecular weight is 529 g/mol. The predicted octanol–water partition coefficient (Wildman–Crippen LogP) is 4.27. The Bertz CT molecular complexity index is 1320. The van der Waals surface area contributed by atoms with E-state index in [2.05, 4.69) is 57.4 Å². The number of nitrogens with zero attached hydrogens (tertiary/aromatic N) is 3. The number of likely N-dealkylation sites (tertiary alicyclic amines) is 1. The first kappa shape index (κ1) is 25.6. The molecule has 2 fully saturated rings. The number of aromatic nitrogens is 1. The summed E-state index contributed by atoms with van der Waals surface area (Å²) in [5.74, 6) is 1.21. The fourth-order valence-corrected chi connectivity index (χ4v) is 5.64. The Balaban J connectivity index is 1.13. The summed E-state index contributed by atoms with van der Waals surface area (Å²) >= 11 is 0. The van der Waals surface area contributed by atoms with E-state index in [1.807, 2.05) is 12.1 Å². The first-order valence-electron chi connectivity index (χ1n) is 14.1. The fraction of sp³-hybridized carbons (Fsp3) is 0.452. The van der Waals surface area contributed by atoms with Crippen LogP contribution in [0.5, 0.6) is 5.75 Å². The molecule has 1 saturated heterocycles. The van der Waals surface area contributed by atoms with Crippen molar-refractivity contribution in [3.05, 3.63) is 82.6 Å². The molecule has 1 aromatic heterocycles. The summed E-state index contributed by atoms with van der Waals surface area (Å²) in [6, 6.07) is 14.4. The van der Waals surface area contributed by atoms with Crippen LogP contribution < -0.4 is 10.1 Å². The van der Waals surface area contributed by atoms with Crippen molar-refractivity contribution in [2.24, 2.45) is 5.92 Å². The zero-order valence-electron chi connectivity index (χ0n) is 22.5. The van der Waals surface area contributed by atoms with Gasteiger partial charge in [0, 0.05) is 25.6 Å². The van der Waals surface area contributed by atoms with E-state index in [1.165, 1.54) is 30.2 Å². The molecule has 1 atom stereocenters. The van der Waals surface area contributed by atoms with Crippen LogP contribution in [0.2, 0.25) is 0 Å². The maximum absolute atomic E-state index is 13.2. The molecule has 204 valence electrons. The Hall–Kier alpha value is -3.65. The number of amides is 2. The van der Waals surface area contributed by atoms with Crippen LogP contribution in [-0.2, 0) is 17.8 Å². The van der Waals surface area contributed by atoms with E-state index in [1.54, 1.807) is 0 Å². The second-order valence-corrected chi connectivity index (χ2v) is 10.9. The highest BCUT2D eigenvalue weighted by Crippen LogP contribution is 2.41. The number of aryl methyl sites for hydroxylation is 1. The van der Waals surface area contributed by atoms with Crippen LogP contribution >= 0.6 is 0 Å². The number of nitrogens with one attached hydrogen (secondary N) is 1. The fourth-order valence-electron chi connectivity index (χ4n) is 5.64. The van der Waals surface area contributed by atoms with Crippen LogP contribution in [0.15, 0.2) is 53.1 Å². The molecule has 2 aromatic carbocycles. The zero-order valence-corrected chi connectivity index (χ0v) is 22.5. The molecule has 8 nitrogen and oxygen atoms in total. The number of fused-ring (bicyclic) bond motifs is 1. The van der Waals surface area contributed by atoms with Gasteiger partial charge in [-0.2, -0.15) is 0 Å². The quantitative estimate of drug-likeness (QED) is 0.446. The molecule has 1 aliphatic carbocycles. The van der Waals surface area contributed by atoms with E-state index in [0.717, 1.165) is 56.6 Å². The smallest absolute Gasteiger partial charge is 0.273 e. The molecule has 1 N–H and O–H groups in total. The maximum atomic E-state index is 13.2. The lowest BCUT2D eigenvalue weighted by atomic mass is 9.87. The van der Waals surface area contributed by atoms with Crippen molar-refractivity contribution < 1.29 is 18.7 Å². The summed E-state index contributed by atoms with van der Waals surface area (Å²) in [6.45, 7) is 6.56. The first-order chi connectivity index (χ1) is 19.0. The van der Waals surface area contributed by atoms with Gasteiger partial charge in [-0.05, 0) is 80.9 Å². The lowest BCUT2D eigenvalue weighted by molar-refractivity contribution is -0.134. The molecule has 8 heteroatoms. The Morgan fingerprint density at radius 1 is 1.08 bits per heavy atom. The monoisotopic (exact) mass is 528 g/mol. The highest BCUT2D eigenvalue weighted by atomic mass is 16.5. The number of ether oxygens (including phenoxy) is 1. The SMILES string of the molecule is Cc1ccc([C@H]2c3cc(OCc4nc(C(=O)NCCN5CCCC5)co4)ccc3CCN2C(=O)C2CC2)cc1. The van der Waals surface area contributed by atoms with Crippen LogP contribution in [-0.4, -0.2) is 59.3 Å². The molecule has 39 heavy (non-hydrogen) atoms. The molecular formula is C31H36N4O4. The summed E-state index contributed by atoms with van der Waals surface area (Å²) in [5.41, 5.74) is 4.89. The summed E-state index contributed by atoms with van der Waals surface area (Å²) in [4.78, 5) is 34.4. The third-order valence-corrected chi connectivity index (χ3v) is 8.01. The number of benzene rings is 2. The standard InChI is InChI=1S/C31H36N4O4/c1-21-4-6-23(7-5-21)29-26-18-25(11-10-22(26)12-16-35(29)31(37)24-8-9-24)38-20-28-33-27(19-39-28)30(36)32-13-17-34-14-2-3-15-34/h4-7,10-11,18-19,24,29H,2-3,8-9,12-17,20H2,1H3,(H,32,36)/t29-/m0/s1. The van der Waals surface area contributed by atoms with Crippen molar-refractivity contribution >= 4 is 11.8 Å². The van der Waals surface area contributed by atoms with Crippen LogP contribution in [0.4, 0.5) is 0 Å². The lowest BCUT2D eigenvalue weighted by Gasteiger charge is -2.38. The van der Waals surface area contributed by atoms with Crippen molar-refractivity contribution in [2.75, 3.05) is 32.7 Å². The number of rotatable bonds is 9. The van der Waals surface area contributed by atoms with Crippen molar-refractivity contribution in [1.82, 2.24) is 20.1 Å². The van der Waals surface area contributed by atoms with E-state index < -0.39 is 0 Å². The van der Waals surface area contributed by atoms with E-state index >= 15 is 0 Å². The number of carbonyl (C=O) groups is 2. The molecule has 0 spiro atoms. The number of hydrogen-bond acceptors (Lipinski definition) is 6. The molecular weight excluding hydrogens is 492 g/mol. The van der Waals surface area contributed by atoms with Crippen LogP contribution in [0.3, 0.4) is 0 Å². The largest absolute Gasteiger partial charge is 0.484 e. The van der Waals surface area contributed by atoms with Gasteiger partial charge >= 0.3 is 0 Å². The highest BCUT2D eigenvalue weighted by Gasteiger charge is 2.39. The van der Waals surface area contributed by atoms with Gasteiger partial charge in [-0.25, -0.2) is 4.98 Å². The van der Waals surface area contributed by atoms with Crippen molar-refractivity contribution in [3.63, 3.8) is 0 Å². The molecule has 3 aliphatic rings. The van der Waals surface area contributed by atoms with Gasteiger partial charge in [-0.3, -0.25) is 9.59 Å². The minimum atomic E-state index is -0.237. The van der Waals surface area contributed by atoms with Crippen molar-refractivity contribution in [3.8, 4) is 5.75 Å². The first-order valence-corrected chi connectivity index (χ1v) is 14.1. The van der Waals surface area contributed by atoms with Crippen LogP contribution in [0.1, 0.15) is 70.4 Å².